The first kappa shape index (κ1) is 17.0. The van der Waals surface area contributed by atoms with Crippen LogP contribution < -0.4 is 0 Å². The van der Waals surface area contributed by atoms with Gasteiger partial charge in [0.1, 0.15) is 13.2 Å². The molecule has 0 atom stereocenters. The zero-order valence-corrected chi connectivity index (χ0v) is 14.5. The van der Waals surface area contributed by atoms with Gasteiger partial charge >= 0.3 is 5.97 Å². The van der Waals surface area contributed by atoms with Crippen molar-refractivity contribution in [2.24, 2.45) is 0 Å². The fraction of sp³-hybridized carbons (Fsp3) is 0.238. The number of fused-ring (bicyclic) bond motifs is 1. The lowest BCUT2D eigenvalue weighted by atomic mass is 10.0. The zero-order valence-electron chi connectivity index (χ0n) is 14.5. The van der Waals surface area contributed by atoms with Crippen LogP contribution >= 0.6 is 0 Å². The molecule has 1 aliphatic rings. The molecule has 25 heavy (non-hydrogen) atoms. The van der Waals surface area contributed by atoms with E-state index in [9.17, 15) is 9.59 Å². The number of carbonyl (C=O) groups excluding carboxylic acids is 2. The Labute approximate surface area is 147 Å². The lowest BCUT2D eigenvalue weighted by molar-refractivity contribution is -0.145. The lowest BCUT2D eigenvalue weighted by Crippen LogP contribution is -2.30. The molecule has 0 fully saturated rings. The van der Waals surface area contributed by atoms with Crippen LogP contribution in [-0.4, -0.2) is 23.3 Å². The normalized spacial score (nSPS) is 13.3. The molecule has 128 valence electrons. The first-order valence-electron chi connectivity index (χ1n) is 8.32. The van der Waals surface area contributed by atoms with E-state index < -0.39 is 5.97 Å². The number of hydrogen-bond acceptors (Lipinski definition) is 3. The van der Waals surface area contributed by atoms with Crippen molar-refractivity contribution < 1.29 is 14.3 Å². The summed E-state index contributed by atoms with van der Waals surface area (Å²) in [6, 6.07) is 15.2. The third-order valence-corrected chi connectivity index (χ3v) is 4.37. The maximum absolute atomic E-state index is 12.4. The molecule has 1 heterocycles. The summed E-state index contributed by atoms with van der Waals surface area (Å²) in [7, 11) is 0. The molecule has 0 unspecified atom stereocenters. The number of carbonyl (C=O) groups is 2. The fourth-order valence-corrected chi connectivity index (χ4v) is 2.84. The largest absolute Gasteiger partial charge is 0.459 e. The van der Waals surface area contributed by atoms with Crippen LogP contribution in [0.3, 0.4) is 0 Å². The number of rotatable bonds is 5. The highest BCUT2D eigenvalue weighted by atomic mass is 16.5. The van der Waals surface area contributed by atoms with E-state index in [0.29, 0.717) is 17.2 Å². The Balaban J connectivity index is 1.58. The molecule has 3 rings (SSSR count). The highest BCUT2D eigenvalue weighted by molar-refractivity contribution is 6.10. The summed E-state index contributed by atoms with van der Waals surface area (Å²) < 4.78 is 5.31. The third kappa shape index (κ3) is 3.48. The van der Waals surface area contributed by atoms with Crippen molar-refractivity contribution in [2.75, 3.05) is 6.54 Å². The first-order valence-corrected chi connectivity index (χ1v) is 8.32. The first-order chi connectivity index (χ1) is 12.0. The average molecular weight is 335 g/mol. The molecule has 0 aliphatic carbocycles. The van der Waals surface area contributed by atoms with E-state index in [1.165, 1.54) is 10.5 Å². The molecule has 0 N–H and O–H groups in total. The molecular formula is C21H21NO3. The topological polar surface area (TPSA) is 46.6 Å². The van der Waals surface area contributed by atoms with Crippen molar-refractivity contribution in [1.82, 2.24) is 4.90 Å². The minimum atomic E-state index is -0.449. The highest BCUT2D eigenvalue weighted by Gasteiger charge is 2.32. The summed E-state index contributed by atoms with van der Waals surface area (Å²) in [6.45, 7) is 8.25. The monoisotopic (exact) mass is 335 g/mol. The van der Waals surface area contributed by atoms with Crippen LogP contribution in [0.5, 0.6) is 0 Å². The molecule has 0 saturated carbocycles. The predicted octanol–water partition coefficient (Wildman–Crippen LogP) is 3.98. The number of esters is 1. The molecule has 1 aliphatic heterocycles. The Bertz CT molecular complexity index is 786. The molecule has 0 radical (unpaired) electrons. The number of hydrogen-bond donors (Lipinski definition) is 0. The van der Waals surface area contributed by atoms with Gasteiger partial charge in [-0.05, 0) is 23.1 Å². The maximum Gasteiger partial charge on any atom is 0.326 e. The van der Waals surface area contributed by atoms with Gasteiger partial charge < -0.3 is 4.74 Å². The number of nitrogens with zero attached hydrogens (tertiary/aromatic N) is 1. The Kier molecular flexibility index (Phi) is 4.70. The van der Waals surface area contributed by atoms with Crippen LogP contribution in [0.2, 0.25) is 0 Å². The van der Waals surface area contributed by atoms with Gasteiger partial charge in [0.25, 0.3) is 5.91 Å². The van der Waals surface area contributed by atoms with Crippen molar-refractivity contribution in [2.45, 2.75) is 26.4 Å². The van der Waals surface area contributed by atoms with E-state index in [-0.39, 0.29) is 19.1 Å². The van der Waals surface area contributed by atoms with E-state index in [4.69, 9.17) is 4.74 Å². The molecule has 0 aromatic heterocycles. The predicted molar refractivity (Wildman–Crippen MR) is 96.8 cm³/mol. The Morgan fingerprint density at radius 1 is 1.08 bits per heavy atom. The smallest absolute Gasteiger partial charge is 0.326 e. The minimum absolute atomic E-state index is 0.129. The van der Waals surface area contributed by atoms with Crippen LogP contribution in [0.4, 0.5) is 0 Å². The van der Waals surface area contributed by atoms with E-state index in [1.807, 2.05) is 36.4 Å². The van der Waals surface area contributed by atoms with E-state index in [0.717, 1.165) is 11.1 Å². The van der Waals surface area contributed by atoms with Gasteiger partial charge in [0.05, 0.1) is 0 Å². The maximum atomic E-state index is 12.4. The SMILES string of the molecule is C=C1c2ccccc2C(=O)N1CC(=O)OCc1ccc(C(C)C)cc1. The fourth-order valence-electron chi connectivity index (χ4n) is 2.84. The van der Waals surface area contributed by atoms with Gasteiger partial charge in [-0.2, -0.15) is 0 Å². The van der Waals surface area contributed by atoms with Crippen LogP contribution in [0, 0.1) is 0 Å². The minimum Gasteiger partial charge on any atom is -0.459 e. The van der Waals surface area contributed by atoms with Gasteiger partial charge in [0.2, 0.25) is 0 Å². The second-order valence-electron chi connectivity index (χ2n) is 6.44. The van der Waals surface area contributed by atoms with Crippen molar-refractivity contribution in [3.63, 3.8) is 0 Å². The third-order valence-electron chi connectivity index (χ3n) is 4.37. The molecule has 1 amide bonds. The van der Waals surface area contributed by atoms with Crippen molar-refractivity contribution in [3.8, 4) is 0 Å². The van der Waals surface area contributed by atoms with E-state index >= 15 is 0 Å². The van der Waals surface area contributed by atoms with Gasteiger partial charge in [0, 0.05) is 16.8 Å². The van der Waals surface area contributed by atoms with Crippen LogP contribution in [0.15, 0.2) is 55.1 Å². The standard InChI is InChI=1S/C21H21NO3/c1-14(2)17-10-8-16(9-11-17)13-25-20(23)12-22-15(3)18-6-4-5-7-19(18)21(22)24/h4-11,14H,3,12-13H2,1-2H3. The van der Waals surface area contributed by atoms with Gasteiger partial charge in [-0.1, -0.05) is 62.9 Å². The van der Waals surface area contributed by atoms with Gasteiger partial charge in [0.15, 0.2) is 0 Å². The molecule has 4 heteroatoms. The van der Waals surface area contributed by atoms with E-state index in [2.05, 4.69) is 20.4 Å². The molecule has 2 aromatic carbocycles. The quantitative estimate of drug-likeness (QED) is 0.777. The van der Waals surface area contributed by atoms with Crippen molar-refractivity contribution in [1.29, 1.82) is 0 Å². The molecule has 2 aromatic rings. The second kappa shape index (κ2) is 6.93. The molecule has 0 bridgehead atoms. The summed E-state index contributed by atoms with van der Waals surface area (Å²) in [6.07, 6.45) is 0. The van der Waals surface area contributed by atoms with Crippen molar-refractivity contribution in [3.05, 3.63) is 77.4 Å². The Morgan fingerprint density at radius 3 is 2.32 bits per heavy atom. The average Bonchev–Trinajstić information content (AvgIpc) is 2.86. The Morgan fingerprint density at radius 2 is 1.72 bits per heavy atom. The summed E-state index contributed by atoms with van der Waals surface area (Å²) >= 11 is 0. The number of amides is 1. The van der Waals surface area contributed by atoms with Crippen LogP contribution in [0.25, 0.3) is 5.70 Å². The highest BCUT2D eigenvalue weighted by Crippen LogP contribution is 2.30. The molecule has 0 saturated heterocycles. The number of ether oxygens (including phenoxy) is 1. The zero-order chi connectivity index (χ0) is 18.0. The molecule has 4 nitrogen and oxygen atoms in total. The Hall–Kier alpha value is -2.88. The van der Waals surface area contributed by atoms with E-state index in [1.54, 1.807) is 12.1 Å². The van der Waals surface area contributed by atoms with Gasteiger partial charge in [-0.3, -0.25) is 14.5 Å². The van der Waals surface area contributed by atoms with Crippen LogP contribution in [0.1, 0.15) is 46.8 Å². The molecule has 0 spiro atoms. The summed E-state index contributed by atoms with van der Waals surface area (Å²) in [5.41, 5.74) is 4.05. The van der Waals surface area contributed by atoms with Crippen molar-refractivity contribution >= 4 is 17.6 Å². The molecular weight excluding hydrogens is 314 g/mol. The summed E-state index contributed by atoms with van der Waals surface area (Å²) in [5, 5.41) is 0. The second-order valence-corrected chi connectivity index (χ2v) is 6.44. The van der Waals surface area contributed by atoms with Gasteiger partial charge in [-0.25, -0.2) is 0 Å². The lowest BCUT2D eigenvalue weighted by Gasteiger charge is -2.16. The summed E-state index contributed by atoms with van der Waals surface area (Å²) in [5.74, 6) is -0.195. The summed E-state index contributed by atoms with van der Waals surface area (Å²) in [4.78, 5) is 25.9. The van der Waals surface area contributed by atoms with Gasteiger partial charge in [-0.15, -0.1) is 0 Å². The van der Waals surface area contributed by atoms with Crippen LogP contribution in [-0.2, 0) is 16.1 Å². The number of benzene rings is 2.